The van der Waals surface area contributed by atoms with Crippen LogP contribution in [0.25, 0.3) is 0 Å². The maximum atomic E-state index is 13.3. The molecule has 2 N–H and O–H groups in total. The van der Waals surface area contributed by atoms with Crippen LogP contribution in [-0.4, -0.2) is 19.0 Å². The lowest BCUT2D eigenvalue weighted by atomic mass is 10.2. The number of benzene rings is 1. The number of halogens is 1. The molecule has 1 aromatic rings. The van der Waals surface area contributed by atoms with Gasteiger partial charge in [0.2, 0.25) is 5.91 Å². The molecule has 4 nitrogen and oxygen atoms in total. The zero-order valence-electron chi connectivity index (χ0n) is 9.87. The van der Waals surface area contributed by atoms with Crippen LogP contribution in [0.5, 0.6) is 0 Å². The van der Waals surface area contributed by atoms with Gasteiger partial charge >= 0.3 is 0 Å². The molecule has 18 heavy (non-hydrogen) atoms. The lowest BCUT2D eigenvalue weighted by Gasteiger charge is -2.08. The summed E-state index contributed by atoms with van der Waals surface area (Å²) >= 11 is 0. The Labute approximate surface area is 105 Å². The van der Waals surface area contributed by atoms with Gasteiger partial charge in [-0.3, -0.25) is 4.79 Å². The molecule has 1 amide bonds. The summed E-state index contributed by atoms with van der Waals surface area (Å²) in [5.74, 6) is -0.194. The van der Waals surface area contributed by atoms with Crippen molar-refractivity contribution < 1.29 is 9.18 Å². The predicted molar refractivity (Wildman–Crippen MR) is 65.3 cm³/mol. The smallest absolute Gasteiger partial charge is 0.238 e. The number of carbonyl (C=O) groups excluding carboxylic acids is 1. The topological polar surface area (TPSA) is 64.9 Å². The molecule has 1 aliphatic rings. The van der Waals surface area contributed by atoms with Crippen molar-refractivity contribution in [3.05, 3.63) is 29.6 Å². The first-order valence-electron chi connectivity index (χ1n) is 5.90. The van der Waals surface area contributed by atoms with Crippen LogP contribution >= 0.6 is 0 Å². The molecule has 2 rings (SSSR count). The minimum absolute atomic E-state index is 0.131. The monoisotopic (exact) mass is 247 g/mol. The van der Waals surface area contributed by atoms with Crippen LogP contribution in [0, 0.1) is 23.1 Å². The van der Waals surface area contributed by atoms with Crippen LogP contribution in [0.15, 0.2) is 18.2 Å². The summed E-state index contributed by atoms with van der Waals surface area (Å²) in [6, 6.07) is 5.91. The van der Waals surface area contributed by atoms with E-state index in [-0.39, 0.29) is 23.7 Å². The van der Waals surface area contributed by atoms with Gasteiger partial charge in [-0.1, -0.05) is 6.07 Å². The van der Waals surface area contributed by atoms with Crippen LogP contribution in [0.1, 0.15) is 18.4 Å². The highest BCUT2D eigenvalue weighted by atomic mass is 19.1. The minimum atomic E-state index is -0.624. The third-order valence-electron chi connectivity index (χ3n) is 2.81. The number of nitriles is 1. The SMILES string of the molecule is N#Cc1c(F)cccc1NC(=O)CNCC1CC1. The summed E-state index contributed by atoms with van der Waals surface area (Å²) in [5, 5.41) is 14.4. The second-order valence-corrected chi connectivity index (χ2v) is 4.40. The lowest BCUT2D eigenvalue weighted by molar-refractivity contribution is -0.115. The minimum Gasteiger partial charge on any atom is -0.324 e. The molecule has 0 radical (unpaired) electrons. The summed E-state index contributed by atoms with van der Waals surface area (Å²) < 4.78 is 13.3. The predicted octanol–water partition coefficient (Wildman–Crippen LogP) is 1.64. The third-order valence-corrected chi connectivity index (χ3v) is 2.81. The second kappa shape index (κ2) is 5.61. The number of anilines is 1. The van der Waals surface area contributed by atoms with Gasteiger partial charge in [0.05, 0.1) is 12.2 Å². The van der Waals surface area contributed by atoms with E-state index in [1.54, 1.807) is 6.07 Å². The first kappa shape index (κ1) is 12.5. The number of carbonyl (C=O) groups is 1. The van der Waals surface area contributed by atoms with Crippen molar-refractivity contribution in [3.63, 3.8) is 0 Å². The van der Waals surface area contributed by atoms with Gasteiger partial charge in [0, 0.05) is 0 Å². The Morgan fingerprint density at radius 1 is 1.50 bits per heavy atom. The van der Waals surface area contributed by atoms with E-state index in [4.69, 9.17) is 5.26 Å². The van der Waals surface area contributed by atoms with Gasteiger partial charge in [-0.05, 0) is 37.4 Å². The maximum Gasteiger partial charge on any atom is 0.238 e. The van der Waals surface area contributed by atoms with E-state index >= 15 is 0 Å². The molecule has 0 spiro atoms. The Hall–Kier alpha value is -1.93. The summed E-state index contributed by atoms with van der Waals surface area (Å²) in [6.45, 7) is 1.01. The highest BCUT2D eigenvalue weighted by molar-refractivity contribution is 5.93. The van der Waals surface area contributed by atoms with E-state index in [1.807, 2.05) is 0 Å². The molecule has 5 heteroatoms. The number of nitrogens with zero attached hydrogens (tertiary/aromatic N) is 1. The summed E-state index contributed by atoms with van der Waals surface area (Å²) in [7, 11) is 0. The average Bonchev–Trinajstić information content (AvgIpc) is 3.13. The van der Waals surface area contributed by atoms with Crippen molar-refractivity contribution in [2.24, 2.45) is 5.92 Å². The van der Waals surface area contributed by atoms with E-state index in [0.29, 0.717) is 5.92 Å². The zero-order chi connectivity index (χ0) is 13.0. The summed E-state index contributed by atoms with van der Waals surface area (Å²) in [6.07, 6.45) is 2.44. The van der Waals surface area contributed by atoms with Crippen molar-refractivity contribution in [3.8, 4) is 6.07 Å². The third kappa shape index (κ3) is 3.28. The van der Waals surface area contributed by atoms with Crippen molar-refractivity contribution >= 4 is 11.6 Å². The largest absolute Gasteiger partial charge is 0.324 e. The van der Waals surface area contributed by atoms with Crippen LogP contribution in [0.2, 0.25) is 0 Å². The Morgan fingerprint density at radius 2 is 2.28 bits per heavy atom. The molecule has 1 fully saturated rings. The fourth-order valence-corrected chi connectivity index (χ4v) is 1.65. The quantitative estimate of drug-likeness (QED) is 0.831. The molecule has 1 aliphatic carbocycles. The summed E-state index contributed by atoms with van der Waals surface area (Å²) in [5.41, 5.74) is 0.0868. The first-order chi connectivity index (χ1) is 8.70. The Kier molecular flexibility index (Phi) is 3.90. The maximum absolute atomic E-state index is 13.3. The van der Waals surface area contributed by atoms with Crippen molar-refractivity contribution in [1.82, 2.24) is 5.32 Å². The standard InChI is InChI=1S/C13H14FN3O/c14-11-2-1-3-12(10(11)6-15)17-13(18)8-16-7-9-4-5-9/h1-3,9,16H,4-5,7-8H2,(H,17,18). The second-order valence-electron chi connectivity index (χ2n) is 4.40. The Balaban J connectivity index is 1.89. The molecule has 0 bridgehead atoms. The Morgan fingerprint density at radius 3 is 2.94 bits per heavy atom. The normalized spacial score (nSPS) is 14.0. The molecular weight excluding hydrogens is 233 g/mol. The molecule has 0 aliphatic heterocycles. The molecule has 0 saturated heterocycles. The molecule has 1 saturated carbocycles. The first-order valence-corrected chi connectivity index (χ1v) is 5.90. The molecule has 0 atom stereocenters. The zero-order valence-corrected chi connectivity index (χ0v) is 9.87. The number of hydrogen-bond donors (Lipinski definition) is 2. The molecule has 1 aromatic carbocycles. The van der Waals surface area contributed by atoms with E-state index < -0.39 is 5.82 Å². The number of hydrogen-bond acceptors (Lipinski definition) is 3. The highest BCUT2D eigenvalue weighted by Crippen LogP contribution is 2.27. The molecule has 0 heterocycles. The molecular formula is C13H14FN3O. The lowest BCUT2D eigenvalue weighted by Crippen LogP contribution is -2.29. The molecule has 0 aromatic heterocycles. The average molecular weight is 247 g/mol. The van der Waals surface area contributed by atoms with E-state index in [9.17, 15) is 9.18 Å². The van der Waals surface area contributed by atoms with E-state index in [0.717, 1.165) is 6.54 Å². The number of amides is 1. The van der Waals surface area contributed by atoms with Gasteiger partial charge in [0.1, 0.15) is 17.4 Å². The number of rotatable bonds is 5. The highest BCUT2D eigenvalue weighted by Gasteiger charge is 2.20. The van der Waals surface area contributed by atoms with Gasteiger partial charge in [-0.2, -0.15) is 5.26 Å². The van der Waals surface area contributed by atoms with Crippen LogP contribution in [0.4, 0.5) is 10.1 Å². The van der Waals surface area contributed by atoms with Gasteiger partial charge in [0.15, 0.2) is 0 Å². The Bertz CT molecular complexity index is 491. The fourth-order valence-electron chi connectivity index (χ4n) is 1.65. The van der Waals surface area contributed by atoms with Gasteiger partial charge in [-0.15, -0.1) is 0 Å². The van der Waals surface area contributed by atoms with E-state index in [2.05, 4.69) is 10.6 Å². The van der Waals surface area contributed by atoms with E-state index in [1.165, 1.54) is 31.0 Å². The number of nitrogens with one attached hydrogen (secondary N) is 2. The summed E-state index contributed by atoms with van der Waals surface area (Å²) in [4.78, 5) is 11.6. The van der Waals surface area contributed by atoms with Crippen molar-refractivity contribution in [2.45, 2.75) is 12.8 Å². The molecule has 94 valence electrons. The van der Waals surface area contributed by atoms with Crippen LogP contribution in [-0.2, 0) is 4.79 Å². The van der Waals surface area contributed by atoms with Crippen molar-refractivity contribution in [1.29, 1.82) is 5.26 Å². The molecule has 0 unspecified atom stereocenters. The van der Waals surface area contributed by atoms with Crippen LogP contribution in [0.3, 0.4) is 0 Å². The van der Waals surface area contributed by atoms with Gasteiger partial charge < -0.3 is 10.6 Å². The van der Waals surface area contributed by atoms with Gasteiger partial charge in [-0.25, -0.2) is 4.39 Å². The van der Waals surface area contributed by atoms with Crippen molar-refractivity contribution in [2.75, 3.05) is 18.4 Å². The van der Waals surface area contributed by atoms with Gasteiger partial charge in [0.25, 0.3) is 0 Å². The van der Waals surface area contributed by atoms with Crippen LogP contribution < -0.4 is 10.6 Å². The fraction of sp³-hybridized carbons (Fsp3) is 0.385.